The molecule has 0 aliphatic carbocycles. The number of aromatic nitrogens is 1. The Morgan fingerprint density at radius 3 is 2.41 bits per heavy atom. The summed E-state index contributed by atoms with van der Waals surface area (Å²) in [6, 6.07) is 3.86. The summed E-state index contributed by atoms with van der Waals surface area (Å²) in [7, 11) is 0. The second kappa shape index (κ2) is 8.56. The van der Waals surface area contributed by atoms with Crippen LogP contribution in [0.15, 0.2) is 21.9 Å². The van der Waals surface area contributed by atoms with Gasteiger partial charge >= 0.3 is 6.03 Å². The Hall–Kier alpha value is -2.35. The van der Waals surface area contributed by atoms with E-state index < -0.39 is 0 Å². The maximum absolute atomic E-state index is 12.6. The molecule has 3 heterocycles. The van der Waals surface area contributed by atoms with Crippen LogP contribution in [0.3, 0.4) is 0 Å². The van der Waals surface area contributed by atoms with E-state index in [0.717, 1.165) is 22.2 Å². The van der Waals surface area contributed by atoms with Crippen LogP contribution in [0, 0.1) is 6.92 Å². The normalized spacial score (nSPS) is 14.5. The summed E-state index contributed by atoms with van der Waals surface area (Å²) in [6.07, 6.45) is 0.278. The van der Waals surface area contributed by atoms with E-state index >= 15 is 0 Å². The number of piperazine rings is 1. The van der Waals surface area contributed by atoms with Gasteiger partial charge in [-0.2, -0.15) is 0 Å². The molecule has 27 heavy (non-hydrogen) atoms. The number of nitrogens with zero attached hydrogens (tertiary/aromatic N) is 4. The Morgan fingerprint density at radius 2 is 1.81 bits per heavy atom. The first-order valence-corrected chi connectivity index (χ1v) is 10.2. The van der Waals surface area contributed by atoms with Gasteiger partial charge in [-0.3, -0.25) is 4.79 Å². The fourth-order valence-corrected chi connectivity index (χ4v) is 3.94. The monoisotopic (exact) mass is 390 g/mol. The van der Waals surface area contributed by atoms with Crippen molar-refractivity contribution in [1.82, 2.24) is 19.7 Å². The van der Waals surface area contributed by atoms with E-state index in [0.29, 0.717) is 39.3 Å². The Morgan fingerprint density at radius 1 is 1.15 bits per heavy atom. The van der Waals surface area contributed by atoms with Crippen molar-refractivity contribution in [3.63, 3.8) is 0 Å². The van der Waals surface area contributed by atoms with Crippen molar-refractivity contribution in [1.29, 1.82) is 0 Å². The Balaban J connectivity index is 1.53. The highest BCUT2D eigenvalue weighted by molar-refractivity contribution is 7.13. The Labute approximate surface area is 163 Å². The van der Waals surface area contributed by atoms with E-state index in [9.17, 15) is 9.59 Å². The lowest BCUT2D eigenvalue weighted by Gasteiger charge is -2.37. The van der Waals surface area contributed by atoms with Crippen molar-refractivity contribution in [2.24, 2.45) is 0 Å². The van der Waals surface area contributed by atoms with Crippen molar-refractivity contribution in [3.8, 4) is 10.8 Å². The van der Waals surface area contributed by atoms with Crippen molar-refractivity contribution in [2.45, 2.75) is 27.2 Å². The molecule has 0 unspecified atom stereocenters. The molecule has 0 N–H and O–H groups in total. The number of amides is 3. The second-order valence-electron chi connectivity index (χ2n) is 6.55. The SMILES string of the molecule is CCN(CC)C(=O)N1CCN(C(=O)Cc2csc(-c3ccc(C)o3)n2)CC1. The van der Waals surface area contributed by atoms with Gasteiger partial charge in [0.25, 0.3) is 0 Å². The summed E-state index contributed by atoms with van der Waals surface area (Å²) >= 11 is 1.48. The lowest BCUT2D eigenvalue weighted by molar-refractivity contribution is -0.132. The average Bonchev–Trinajstić information content (AvgIpc) is 3.31. The maximum atomic E-state index is 12.6. The van der Waals surface area contributed by atoms with Crippen molar-refractivity contribution in [2.75, 3.05) is 39.3 Å². The van der Waals surface area contributed by atoms with Crippen molar-refractivity contribution < 1.29 is 14.0 Å². The molecule has 0 radical (unpaired) electrons. The van der Waals surface area contributed by atoms with E-state index in [-0.39, 0.29) is 18.4 Å². The zero-order valence-electron chi connectivity index (χ0n) is 16.1. The first-order chi connectivity index (χ1) is 13.0. The first-order valence-electron chi connectivity index (χ1n) is 9.34. The van der Waals surface area contributed by atoms with Gasteiger partial charge in [-0.05, 0) is 32.9 Å². The average molecular weight is 391 g/mol. The molecule has 0 bridgehead atoms. The zero-order chi connectivity index (χ0) is 19.4. The lowest BCUT2D eigenvalue weighted by Crippen LogP contribution is -2.54. The Bertz CT molecular complexity index is 788. The van der Waals surface area contributed by atoms with Crippen LogP contribution in [0.1, 0.15) is 25.3 Å². The van der Waals surface area contributed by atoms with Crippen molar-refractivity contribution >= 4 is 23.3 Å². The third-order valence-electron chi connectivity index (χ3n) is 4.77. The van der Waals surface area contributed by atoms with E-state index in [1.807, 2.05) is 53.0 Å². The van der Waals surface area contributed by atoms with E-state index in [2.05, 4.69) is 4.98 Å². The van der Waals surface area contributed by atoms with Crippen LogP contribution in [0.25, 0.3) is 10.8 Å². The van der Waals surface area contributed by atoms with E-state index in [1.165, 1.54) is 11.3 Å². The molecule has 0 aromatic carbocycles. The minimum Gasteiger partial charge on any atom is -0.459 e. The molecular formula is C19H26N4O3S. The molecule has 2 aromatic rings. The van der Waals surface area contributed by atoms with Gasteiger partial charge in [-0.25, -0.2) is 9.78 Å². The number of carbonyl (C=O) groups excluding carboxylic acids is 2. The predicted molar refractivity (Wildman–Crippen MR) is 105 cm³/mol. The molecule has 1 fully saturated rings. The molecule has 2 aromatic heterocycles. The Kier molecular flexibility index (Phi) is 6.15. The van der Waals surface area contributed by atoms with Crippen molar-refractivity contribution in [3.05, 3.63) is 29.0 Å². The number of carbonyl (C=O) groups is 2. The quantitative estimate of drug-likeness (QED) is 0.787. The molecule has 0 saturated carbocycles. The molecule has 7 nitrogen and oxygen atoms in total. The van der Waals surface area contributed by atoms with Crippen LogP contribution >= 0.6 is 11.3 Å². The summed E-state index contributed by atoms with van der Waals surface area (Å²) in [5.41, 5.74) is 0.760. The van der Waals surface area contributed by atoms with Gasteiger partial charge in [0.05, 0.1) is 12.1 Å². The number of furan rings is 1. The van der Waals surface area contributed by atoms with Gasteiger partial charge in [0, 0.05) is 44.6 Å². The number of thiazole rings is 1. The highest BCUT2D eigenvalue weighted by atomic mass is 32.1. The molecule has 3 rings (SSSR count). The molecule has 3 amide bonds. The van der Waals surface area contributed by atoms with Crippen LogP contribution in [0.4, 0.5) is 4.79 Å². The fraction of sp³-hybridized carbons (Fsp3) is 0.526. The summed E-state index contributed by atoms with van der Waals surface area (Å²) < 4.78 is 5.59. The highest BCUT2D eigenvalue weighted by Crippen LogP contribution is 2.26. The smallest absolute Gasteiger partial charge is 0.320 e. The first kappa shape index (κ1) is 19.4. The third-order valence-corrected chi connectivity index (χ3v) is 5.68. The van der Waals surface area contributed by atoms with Gasteiger partial charge in [-0.15, -0.1) is 11.3 Å². The molecule has 1 aliphatic heterocycles. The molecule has 1 saturated heterocycles. The number of urea groups is 1. The van der Waals surface area contributed by atoms with Crippen LogP contribution in [0.5, 0.6) is 0 Å². The van der Waals surface area contributed by atoms with Gasteiger partial charge in [0.1, 0.15) is 5.76 Å². The summed E-state index contributed by atoms with van der Waals surface area (Å²) in [4.78, 5) is 35.0. The highest BCUT2D eigenvalue weighted by Gasteiger charge is 2.26. The lowest BCUT2D eigenvalue weighted by atomic mass is 10.2. The maximum Gasteiger partial charge on any atom is 0.320 e. The largest absolute Gasteiger partial charge is 0.459 e. The van der Waals surface area contributed by atoms with E-state index in [1.54, 1.807) is 0 Å². The van der Waals surface area contributed by atoms with Crippen LogP contribution < -0.4 is 0 Å². The number of rotatable bonds is 5. The molecule has 0 atom stereocenters. The summed E-state index contributed by atoms with van der Waals surface area (Å²) in [5.74, 6) is 1.63. The van der Waals surface area contributed by atoms with Gasteiger partial charge in [0.2, 0.25) is 5.91 Å². The van der Waals surface area contributed by atoms with Crippen LogP contribution in [-0.2, 0) is 11.2 Å². The van der Waals surface area contributed by atoms with Crippen LogP contribution in [0.2, 0.25) is 0 Å². The standard InChI is InChI=1S/C19H26N4O3S/c1-4-21(5-2)19(25)23-10-8-22(9-11-23)17(24)12-15-13-27-18(20-15)16-7-6-14(3)26-16/h6-7,13H,4-5,8-12H2,1-3H3. The van der Waals surface area contributed by atoms with Gasteiger partial charge < -0.3 is 19.1 Å². The summed E-state index contributed by atoms with van der Waals surface area (Å²) in [6.45, 7) is 9.56. The number of hydrogen-bond acceptors (Lipinski definition) is 5. The minimum absolute atomic E-state index is 0.0532. The zero-order valence-corrected chi connectivity index (χ0v) is 16.9. The molecule has 1 aliphatic rings. The second-order valence-corrected chi connectivity index (χ2v) is 7.41. The number of hydrogen-bond donors (Lipinski definition) is 0. The third kappa shape index (κ3) is 4.50. The topological polar surface area (TPSA) is 69.9 Å². The fourth-order valence-electron chi connectivity index (χ4n) is 3.16. The predicted octanol–water partition coefficient (Wildman–Crippen LogP) is 2.86. The van der Waals surface area contributed by atoms with Gasteiger partial charge in [0.15, 0.2) is 10.8 Å². The molecule has 0 spiro atoms. The molecule has 8 heteroatoms. The van der Waals surface area contributed by atoms with Crippen LogP contribution in [-0.4, -0.2) is 70.9 Å². The minimum atomic E-state index is 0.0532. The molecular weight excluding hydrogens is 364 g/mol. The van der Waals surface area contributed by atoms with Gasteiger partial charge in [-0.1, -0.05) is 0 Å². The summed E-state index contributed by atoms with van der Waals surface area (Å²) in [5, 5.41) is 2.70. The molecule has 146 valence electrons. The van der Waals surface area contributed by atoms with E-state index in [4.69, 9.17) is 4.42 Å². The number of aryl methyl sites for hydroxylation is 1.